The molecule has 0 spiro atoms. The second-order valence-electron chi connectivity index (χ2n) is 6.72. The average Bonchev–Trinajstić information content (AvgIpc) is 2.65. The first kappa shape index (κ1) is 22.9. The number of nitrogens with one attached hydrogen (secondary N) is 2. The van der Waals surface area contributed by atoms with Crippen molar-refractivity contribution in [2.45, 2.75) is 57.7 Å². The summed E-state index contributed by atoms with van der Waals surface area (Å²) in [6.07, 6.45) is 2.66. The largest absolute Gasteiger partial charge is 0.491 e. The Morgan fingerprint density at radius 2 is 1.78 bits per heavy atom. The molecule has 7 nitrogen and oxygen atoms in total. The highest BCUT2D eigenvalue weighted by Crippen LogP contribution is 2.15. The summed E-state index contributed by atoms with van der Waals surface area (Å²) in [5.41, 5.74) is 6.49. The third-order valence-electron chi connectivity index (χ3n) is 4.15. The van der Waals surface area contributed by atoms with Gasteiger partial charge in [0.2, 0.25) is 5.91 Å². The molecule has 27 heavy (non-hydrogen) atoms. The van der Waals surface area contributed by atoms with E-state index in [0.717, 1.165) is 24.2 Å². The lowest BCUT2D eigenvalue weighted by molar-refractivity contribution is -0.145. The molecule has 1 amide bonds. The molecule has 0 aliphatic heterocycles. The van der Waals surface area contributed by atoms with Gasteiger partial charge in [-0.3, -0.25) is 4.79 Å². The smallest absolute Gasteiger partial charge is 0.328 e. The van der Waals surface area contributed by atoms with E-state index in [-0.39, 0.29) is 12.0 Å². The molecule has 152 valence electrons. The van der Waals surface area contributed by atoms with Crippen LogP contribution in [0.3, 0.4) is 0 Å². The van der Waals surface area contributed by atoms with E-state index >= 15 is 0 Å². The van der Waals surface area contributed by atoms with E-state index in [1.54, 1.807) is 7.05 Å². The van der Waals surface area contributed by atoms with Gasteiger partial charge in [0, 0.05) is 0 Å². The lowest BCUT2D eigenvalue weighted by Crippen LogP contribution is -2.50. The second-order valence-corrected chi connectivity index (χ2v) is 6.72. The number of ether oxygens (including phenoxy) is 2. The molecule has 0 saturated carbocycles. The summed E-state index contributed by atoms with van der Waals surface area (Å²) >= 11 is 0. The number of methoxy groups -OCH3 is 1. The number of amides is 1. The zero-order chi connectivity index (χ0) is 20.2. The zero-order valence-electron chi connectivity index (χ0n) is 16.8. The molecule has 0 aromatic heterocycles. The van der Waals surface area contributed by atoms with Crippen molar-refractivity contribution in [1.29, 1.82) is 0 Å². The normalized spacial score (nSPS) is 13.1. The summed E-state index contributed by atoms with van der Waals surface area (Å²) in [5.74, 6) is 0.124. The Morgan fingerprint density at radius 1 is 1.11 bits per heavy atom. The summed E-state index contributed by atoms with van der Waals surface area (Å²) < 4.78 is 10.4. The molecule has 0 heterocycles. The van der Waals surface area contributed by atoms with E-state index in [0.29, 0.717) is 19.4 Å². The fourth-order valence-corrected chi connectivity index (χ4v) is 2.69. The molecule has 1 aromatic rings. The Morgan fingerprint density at radius 3 is 2.30 bits per heavy atom. The maximum atomic E-state index is 12.6. The first-order valence-electron chi connectivity index (χ1n) is 9.42. The van der Waals surface area contributed by atoms with Crippen LogP contribution in [0.2, 0.25) is 0 Å². The van der Waals surface area contributed by atoms with Crippen molar-refractivity contribution >= 4 is 11.9 Å². The zero-order valence-corrected chi connectivity index (χ0v) is 16.8. The number of benzene rings is 1. The fraction of sp³-hybridized carbons (Fsp3) is 0.600. The lowest BCUT2D eigenvalue weighted by atomic mass is 10.0. The van der Waals surface area contributed by atoms with E-state index in [4.69, 9.17) is 15.2 Å². The monoisotopic (exact) mass is 379 g/mol. The molecule has 0 saturated heterocycles. The number of likely N-dealkylation sites (N-methyl/N-ethyl adjacent to an activating group) is 1. The van der Waals surface area contributed by atoms with Crippen LogP contribution < -0.4 is 21.1 Å². The molecule has 0 aliphatic carbocycles. The summed E-state index contributed by atoms with van der Waals surface area (Å²) in [6.45, 7) is 4.50. The van der Waals surface area contributed by atoms with Gasteiger partial charge in [0.25, 0.3) is 0 Å². The third kappa shape index (κ3) is 8.41. The molecule has 1 rings (SSSR count). The Bertz CT molecular complexity index is 575. The van der Waals surface area contributed by atoms with Gasteiger partial charge in [-0.05, 0) is 70.8 Å². The number of hydrogen-bond donors (Lipinski definition) is 3. The summed E-state index contributed by atoms with van der Waals surface area (Å²) in [5, 5.41) is 5.81. The number of carbonyl (C=O) groups excluding carboxylic acids is 2. The maximum absolute atomic E-state index is 12.6. The Balaban J connectivity index is 2.69. The first-order chi connectivity index (χ1) is 12.9. The van der Waals surface area contributed by atoms with Crippen LogP contribution >= 0.6 is 0 Å². The Kier molecular flexibility index (Phi) is 10.4. The molecular weight excluding hydrogens is 346 g/mol. The topological polar surface area (TPSA) is 103 Å². The van der Waals surface area contributed by atoms with Gasteiger partial charge in [-0.15, -0.1) is 0 Å². The van der Waals surface area contributed by atoms with E-state index in [2.05, 4.69) is 10.6 Å². The maximum Gasteiger partial charge on any atom is 0.328 e. The fourth-order valence-electron chi connectivity index (χ4n) is 2.69. The van der Waals surface area contributed by atoms with E-state index in [1.165, 1.54) is 7.11 Å². The van der Waals surface area contributed by atoms with E-state index in [9.17, 15) is 9.59 Å². The third-order valence-corrected chi connectivity index (χ3v) is 4.15. The standard InChI is InChI=1S/C20H33N3O4/c1-14(2)27-16-10-8-15(9-11-16)13-18(22-3)19(24)23-17(20(25)26-4)7-5-6-12-21/h8-11,14,17-18,22H,5-7,12-13,21H2,1-4H3,(H,23,24). The first-order valence-corrected chi connectivity index (χ1v) is 9.42. The molecule has 0 fully saturated rings. The van der Waals surface area contributed by atoms with Crippen molar-refractivity contribution in [3.05, 3.63) is 29.8 Å². The predicted molar refractivity (Wildman–Crippen MR) is 106 cm³/mol. The van der Waals surface area contributed by atoms with Crippen molar-refractivity contribution < 1.29 is 19.1 Å². The molecule has 1 aromatic carbocycles. The summed E-state index contributed by atoms with van der Waals surface area (Å²) in [6, 6.07) is 6.55. The minimum Gasteiger partial charge on any atom is -0.491 e. The van der Waals surface area contributed by atoms with Gasteiger partial charge >= 0.3 is 5.97 Å². The molecule has 4 N–H and O–H groups in total. The van der Waals surface area contributed by atoms with Crippen molar-refractivity contribution in [2.75, 3.05) is 20.7 Å². The molecule has 7 heteroatoms. The van der Waals surface area contributed by atoms with E-state index < -0.39 is 18.1 Å². The number of unbranched alkanes of at least 4 members (excludes halogenated alkanes) is 1. The van der Waals surface area contributed by atoms with Crippen LogP contribution in [0.1, 0.15) is 38.7 Å². The number of esters is 1. The predicted octanol–water partition coefficient (Wildman–Crippen LogP) is 1.39. The van der Waals surface area contributed by atoms with Crippen molar-refractivity contribution in [3.63, 3.8) is 0 Å². The lowest BCUT2D eigenvalue weighted by Gasteiger charge is -2.21. The van der Waals surface area contributed by atoms with Crippen LogP contribution in [0.15, 0.2) is 24.3 Å². The number of nitrogens with two attached hydrogens (primary N) is 1. The van der Waals surface area contributed by atoms with Gasteiger partial charge < -0.3 is 25.8 Å². The van der Waals surface area contributed by atoms with Crippen LogP contribution in [0, 0.1) is 0 Å². The highest BCUT2D eigenvalue weighted by molar-refractivity contribution is 5.87. The SMILES string of the molecule is CNC(Cc1ccc(OC(C)C)cc1)C(=O)NC(CCCCN)C(=O)OC. The summed E-state index contributed by atoms with van der Waals surface area (Å²) in [7, 11) is 3.04. The van der Waals surface area contributed by atoms with Crippen molar-refractivity contribution in [2.24, 2.45) is 5.73 Å². The molecule has 0 bridgehead atoms. The molecular formula is C20H33N3O4. The molecule has 2 unspecified atom stereocenters. The Labute approximate surface area is 162 Å². The Hall–Kier alpha value is -2.12. The van der Waals surface area contributed by atoms with Gasteiger partial charge in [0.1, 0.15) is 11.8 Å². The second kappa shape index (κ2) is 12.3. The quantitative estimate of drug-likeness (QED) is 0.375. The van der Waals surface area contributed by atoms with Crippen LogP contribution in [0.4, 0.5) is 0 Å². The number of rotatable bonds is 12. The van der Waals surface area contributed by atoms with Gasteiger partial charge in [0.15, 0.2) is 0 Å². The van der Waals surface area contributed by atoms with Crippen LogP contribution in [0.5, 0.6) is 5.75 Å². The van der Waals surface area contributed by atoms with Gasteiger partial charge in [-0.25, -0.2) is 4.79 Å². The average molecular weight is 380 g/mol. The van der Waals surface area contributed by atoms with Gasteiger partial charge in [-0.1, -0.05) is 12.1 Å². The van der Waals surface area contributed by atoms with Crippen LogP contribution in [-0.2, 0) is 20.7 Å². The summed E-state index contributed by atoms with van der Waals surface area (Å²) in [4.78, 5) is 24.6. The van der Waals surface area contributed by atoms with E-state index in [1.807, 2.05) is 38.1 Å². The minimum absolute atomic E-state index is 0.112. The van der Waals surface area contributed by atoms with Crippen LogP contribution in [0.25, 0.3) is 0 Å². The van der Waals surface area contributed by atoms with Gasteiger partial charge in [0.05, 0.1) is 19.3 Å². The highest BCUT2D eigenvalue weighted by atomic mass is 16.5. The molecule has 0 radical (unpaired) electrons. The van der Waals surface area contributed by atoms with Gasteiger partial charge in [-0.2, -0.15) is 0 Å². The molecule has 2 atom stereocenters. The van der Waals surface area contributed by atoms with Crippen molar-refractivity contribution in [1.82, 2.24) is 10.6 Å². The van der Waals surface area contributed by atoms with Crippen molar-refractivity contribution in [3.8, 4) is 5.75 Å². The number of carbonyl (C=O) groups is 2. The number of hydrogen-bond acceptors (Lipinski definition) is 6. The minimum atomic E-state index is -0.660. The van der Waals surface area contributed by atoms with Crippen LogP contribution in [-0.4, -0.2) is 50.8 Å². The molecule has 0 aliphatic rings. The highest BCUT2D eigenvalue weighted by Gasteiger charge is 2.25.